The second kappa shape index (κ2) is 8.78. The molecule has 0 aliphatic rings. The average molecular weight is 422 g/mol. The molecule has 3 aromatic rings. The van der Waals surface area contributed by atoms with E-state index in [0.717, 1.165) is 5.56 Å². The van der Waals surface area contributed by atoms with Gasteiger partial charge in [0, 0.05) is 17.2 Å². The fourth-order valence-electron chi connectivity index (χ4n) is 3.41. The zero-order chi connectivity index (χ0) is 22.7. The normalized spacial score (nSPS) is 10.6. The number of ether oxygens (including phenoxy) is 1. The third-order valence-corrected chi connectivity index (χ3v) is 5.11. The van der Waals surface area contributed by atoms with Crippen LogP contribution in [-0.2, 0) is 11.3 Å². The van der Waals surface area contributed by atoms with Crippen molar-refractivity contribution in [2.75, 3.05) is 12.4 Å². The van der Waals surface area contributed by atoms with Gasteiger partial charge in [-0.2, -0.15) is 5.10 Å². The van der Waals surface area contributed by atoms with Crippen molar-refractivity contribution in [1.82, 2.24) is 9.78 Å². The number of nitro benzene ring substituents is 1. The maximum atomic E-state index is 12.8. The first kappa shape index (κ1) is 21.7. The van der Waals surface area contributed by atoms with Crippen LogP contribution in [0.1, 0.15) is 43.2 Å². The molecule has 2 aromatic carbocycles. The third-order valence-electron chi connectivity index (χ3n) is 5.11. The maximum absolute atomic E-state index is 12.8. The van der Waals surface area contributed by atoms with Crippen LogP contribution in [0, 0.1) is 30.9 Å². The molecule has 1 N–H and O–H groups in total. The molecule has 0 bridgehead atoms. The lowest BCUT2D eigenvalue weighted by Gasteiger charge is -2.11. The van der Waals surface area contributed by atoms with E-state index in [9.17, 15) is 19.7 Å². The Morgan fingerprint density at radius 2 is 1.77 bits per heavy atom. The molecule has 0 fully saturated rings. The molecular formula is C22H22N4O5. The van der Waals surface area contributed by atoms with Gasteiger partial charge in [-0.15, -0.1) is 0 Å². The molecule has 0 unspecified atom stereocenters. The summed E-state index contributed by atoms with van der Waals surface area (Å²) in [6.07, 6.45) is 0. The molecule has 0 atom stereocenters. The highest BCUT2D eigenvalue weighted by Crippen LogP contribution is 2.25. The van der Waals surface area contributed by atoms with E-state index in [1.807, 2.05) is 12.1 Å². The van der Waals surface area contributed by atoms with Gasteiger partial charge in [0.2, 0.25) is 0 Å². The Hall–Kier alpha value is -4.01. The van der Waals surface area contributed by atoms with Gasteiger partial charge >= 0.3 is 5.97 Å². The van der Waals surface area contributed by atoms with Gasteiger partial charge in [0.05, 0.1) is 41.2 Å². The number of methoxy groups -OCH3 is 1. The lowest BCUT2D eigenvalue weighted by atomic mass is 10.1. The number of aromatic nitrogens is 2. The van der Waals surface area contributed by atoms with E-state index in [1.165, 1.54) is 19.2 Å². The number of nitrogens with zero attached hydrogens (tertiary/aromatic N) is 3. The first-order chi connectivity index (χ1) is 14.7. The van der Waals surface area contributed by atoms with E-state index in [-0.39, 0.29) is 11.3 Å². The van der Waals surface area contributed by atoms with Crippen LogP contribution in [0.2, 0.25) is 0 Å². The van der Waals surface area contributed by atoms with Crippen LogP contribution in [-0.4, -0.2) is 33.7 Å². The molecule has 0 aliphatic heterocycles. The molecule has 0 spiro atoms. The molecule has 31 heavy (non-hydrogen) atoms. The fourth-order valence-corrected chi connectivity index (χ4v) is 3.41. The highest BCUT2D eigenvalue weighted by atomic mass is 16.6. The van der Waals surface area contributed by atoms with Crippen molar-refractivity contribution >= 4 is 23.3 Å². The number of carbonyl (C=O) groups excluding carboxylic acids is 2. The average Bonchev–Trinajstić information content (AvgIpc) is 3.00. The smallest absolute Gasteiger partial charge is 0.338 e. The number of amides is 1. The number of anilines is 1. The fraction of sp³-hybridized carbons (Fsp3) is 0.227. The number of benzene rings is 2. The predicted octanol–water partition coefficient (Wildman–Crippen LogP) is 3.80. The number of rotatable bonds is 6. The molecule has 3 rings (SSSR count). The maximum Gasteiger partial charge on any atom is 0.338 e. The minimum atomic E-state index is -0.514. The van der Waals surface area contributed by atoms with Gasteiger partial charge in [-0.25, -0.2) is 4.79 Å². The lowest BCUT2D eigenvalue weighted by Crippen LogP contribution is -2.15. The molecule has 160 valence electrons. The molecule has 0 saturated carbocycles. The molecule has 9 heteroatoms. The summed E-state index contributed by atoms with van der Waals surface area (Å²) in [4.78, 5) is 35.5. The first-order valence-corrected chi connectivity index (χ1v) is 9.50. The largest absolute Gasteiger partial charge is 0.465 e. The summed E-state index contributed by atoms with van der Waals surface area (Å²) < 4.78 is 6.53. The molecule has 0 aliphatic carbocycles. The van der Waals surface area contributed by atoms with Crippen molar-refractivity contribution < 1.29 is 19.2 Å². The van der Waals surface area contributed by atoms with Gasteiger partial charge < -0.3 is 10.1 Å². The molecule has 9 nitrogen and oxygen atoms in total. The summed E-state index contributed by atoms with van der Waals surface area (Å²) in [7, 11) is 1.33. The van der Waals surface area contributed by atoms with Gasteiger partial charge in [0.1, 0.15) is 0 Å². The van der Waals surface area contributed by atoms with E-state index in [1.54, 1.807) is 43.7 Å². The third kappa shape index (κ3) is 4.30. The van der Waals surface area contributed by atoms with Crippen molar-refractivity contribution in [3.05, 3.63) is 86.2 Å². The van der Waals surface area contributed by atoms with Crippen LogP contribution >= 0.6 is 0 Å². The Morgan fingerprint density at radius 3 is 2.45 bits per heavy atom. The van der Waals surface area contributed by atoms with Gasteiger partial charge in [0.15, 0.2) is 0 Å². The van der Waals surface area contributed by atoms with Crippen LogP contribution in [0.25, 0.3) is 0 Å². The highest BCUT2D eigenvalue weighted by molar-refractivity contribution is 6.06. The zero-order valence-electron chi connectivity index (χ0n) is 17.6. The zero-order valence-corrected chi connectivity index (χ0v) is 17.6. The highest BCUT2D eigenvalue weighted by Gasteiger charge is 2.21. The van der Waals surface area contributed by atoms with Crippen molar-refractivity contribution in [2.24, 2.45) is 0 Å². The quantitative estimate of drug-likeness (QED) is 0.367. The molecular weight excluding hydrogens is 400 g/mol. The van der Waals surface area contributed by atoms with Crippen molar-refractivity contribution in [3.8, 4) is 0 Å². The van der Waals surface area contributed by atoms with E-state index in [2.05, 4.69) is 10.4 Å². The summed E-state index contributed by atoms with van der Waals surface area (Å²) in [5, 5.41) is 18.5. The van der Waals surface area contributed by atoms with Crippen LogP contribution in [0.4, 0.5) is 11.4 Å². The van der Waals surface area contributed by atoms with Gasteiger partial charge in [-0.3, -0.25) is 19.6 Å². The summed E-state index contributed by atoms with van der Waals surface area (Å²) in [5.74, 6) is -0.895. The topological polar surface area (TPSA) is 116 Å². The van der Waals surface area contributed by atoms with E-state index >= 15 is 0 Å². The minimum absolute atomic E-state index is 0.115. The second-order valence-corrected chi connectivity index (χ2v) is 7.01. The summed E-state index contributed by atoms with van der Waals surface area (Å²) in [6, 6.07) is 11.4. The standard InChI is InChI=1S/C22H22N4O5/c1-13-17(10-7-11-19(13)26(29)30)21(27)23-20-14(2)24-25(15(20)3)12-16-8-5-6-9-18(16)22(28)31-4/h5-11H,12H2,1-4H3,(H,23,27). The Morgan fingerprint density at radius 1 is 1.10 bits per heavy atom. The summed E-state index contributed by atoms with van der Waals surface area (Å²) in [6.45, 7) is 5.41. The predicted molar refractivity (Wildman–Crippen MR) is 114 cm³/mol. The van der Waals surface area contributed by atoms with Crippen LogP contribution in [0.3, 0.4) is 0 Å². The molecule has 1 aromatic heterocycles. The molecule has 0 saturated heterocycles. The van der Waals surface area contributed by atoms with Crippen molar-refractivity contribution in [1.29, 1.82) is 0 Å². The SMILES string of the molecule is COC(=O)c1ccccc1Cn1nc(C)c(NC(=O)c2cccc([N+](=O)[O-])c2C)c1C. The van der Waals surface area contributed by atoms with Crippen molar-refractivity contribution in [2.45, 2.75) is 27.3 Å². The number of hydrogen-bond donors (Lipinski definition) is 1. The Balaban J connectivity index is 1.90. The number of esters is 1. The van der Waals surface area contributed by atoms with Crippen LogP contribution in [0.5, 0.6) is 0 Å². The number of hydrogen-bond acceptors (Lipinski definition) is 6. The Kier molecular flexibility index (Phi) is 6.15. The Bertz CT molecular complexity index is 1180. The van der Waals surface area contributed by atoms with E-state index in [4.69, 9.17) is 4.74 Å². The number of nitrogens with one attached hydrogen (secondary N) is 1. The van der Waals surface area contributed by atoms with Crippen molar-refractivity contribution in [3.63, 3.8) is 0 Å². The van der Waals surface area contributed by atoms with E-state index in [0.29, 0.717) is 34.7 Å². The number of aryl methyl sites for hydroxylation is 1. The van der Waals surface area contributed by atoms with Crippen LogP contribution in [0.15, 0.2) is 42.5 Å². The van der Waals surface area contributed by atoms with E-state index < -0.39 is 16.8 Å². The Labute approximate surface area is 178 Å². The second-order valence-electron chi connectivity index (χ2n) is 7.01. The monoisotopic (exact) mass is 422 g/mol. The van der Waals surface area contributed by atoms with Crippen LogP contribution < -0.4 is 5.32 Å². The number of carbonyl (C=O) groups is 2. The lowest BCUT2D eigenvalue weighted by molar-refractivity contribution is -0.385. The van der Waals surface area contributed by atoms with Gasteiger partial charge in [0.25, 0.3) is 11.6 Å². The minimum Gasteiger partial charge on any atom is -0.465 e. The number of nitro groups is 1. The van der Waals surface area contributed by atoms with Gasteiger partial charge in [-0.1, -0.05) is 24.3 Å². The molecule has 1 heterocycles. The summed E-state index contributed by atoms with van der Waals surface area (Å²) >= 11 is 0. The first-order valence-electron chi connectivity index (χ1n) is 9.50. The molecule has 1 amide bonds. The molecule has 0 radical (unpaired) electrons. The summed E-state index contributed by atoms with van der Waals surface area (Å²) in [5.41, 5.74) is 3.36. The van der Waals surface area contributed by atoms with Gasteiger partial charge in [-0.05, 0) is 38.5 Å².